The van der Waals surface area contributed by atoms with Crippen molar-refractivity contribution in [1.29, 1.82) is 0 Å². The van der Waals surface area contributed by atoms with Crippen LogP contribution in [0.3, 0.4) is 0 Å². The van der Waals surface area contributed by atoms with E-state index in [9.17, 15) is 4.79 Å². The molecule has 4 heteroatoms. The Morgan fingerprint density at radius 2 is 2.19 bits per heavy atom. The van der Waals surface area contributed by atoms with Crippen molar-refractivity contribution in [3.8, 4) is 0 Å². The monoisotopic (exact) mass is 218 g/mol. The zero-order valence-electron chi connectivity index (χ0n) is 8.90. The van der Waals surface area contributed by atoms with Gasteiger partial charge in [0.1, 0.15) is 0 Å². The summed E-state index contributed by atoms with van der Waals surface area (Å²) in [5.41, 5.74) is 7.25. The van der Waals surface area contributed by atoms with Crippen LogP contribution in [0.1, 0.15) is 12.0 Å². The molecule has 0 aliphatic rings. The summed E-state index contributed by atoms with van der Waals surface area (Å²) in [6.07, 6.45) is 2.94. The number of para-hydroxylation sites is 1. The van der Waals surface area contributed by atoms with Crippen LogP contribution in [0.25, 0.3) is 10.9 Å². The third-order valence-corrected chi connectivity index (χ3v) is 2.51. The number of H-pyrrole nitrogens is 1. The summed E-state index contributed by atoms with van der Waals surface area (Å²) >= 11 is 0. The Labute approximate surface area is 93.4 Å². The van der Waals surface area contributed by atoms with Gasteiger partial charge in [0.25, 0.3) is 0 Å². The van der Waals surface area contributed by atoms with E-state index in [1.807, 2.05) is 24.4 Å². The van der Waals surface area contributed by atoms with Gasteiger partial charge < -0.3 is 15.5 Å². The fourth-order valence-corrected chi connectivity index (χ4v) is 1.77. The molecule has 1 aromatic carbocycles. The first-order chi connectivity index (χ1) is 7.77. The molecule has 0 atom stereocenters. The average molecular weight is 218 g/mol. The number of primary amides is 1. The molecule has 0 spiro atoms. The molecule has 0 unspecified atom stereocenters. The second kappa shape index (κ2) is 4.70. The molecule has 0 bridgehead atoms. The third kappa shape index (κ3) is 2.34. The highest BCUT2D eigenvalue weighted by atomic mass is 16.5. The topological polar surface area (TPSA) is 68.1 Å². The number of nitrogens with two attached hydrogens (primary N) is 1. The largest absolute Gasteiger partial charge is 0.450 e. The highest BCUT2D eigenvalue weighted by Gasteiger charge is 2.02. The van der Waals surface area contributed by atoms with Gasteiger partial charge in [0.05, 0.1) is 6.61 Å². The van der Waals surface area contributed by atoms with Crippen LogP contribution in [0.15, 0.2) is 30.5 Å². The Bertz CT molecular complexity index is 490. The van der Waals surface area contributed by atoms with Gasteiger partial charge >= 0.3 is 6.09 Å². The number of aromatic nitrogens is 1. The third-order valence-electron chi connectivity index (χ3n) is 2.51. The molecular formula is C12H14N2O2. The van der Waals surface area contributed by atoms with Gasteiger partial charge in [0.2, 0.25) is 0 Å². The van der Waals surface area contributed by atoms with Crippen molar-refractivity contribution in [2.75, 3.05) is 6.61 Å². The molecular weight excluding hydrogens is 204 g/mol. The summed E-state index contributed by atoms with van der Waals surface area (Å²) in [6, 6.07) is 8.13. The Kier molecular flexibility index (Phi) is 3.10. The standard InChI is InChI=1S/C12H14N2O2/c13-12(15)16-7-3-4-9-8-14-11-6-2-1-5-10(9)11/h1-2,5-6,8,14H,3-4,7H2,(H2,13,15). The molecule has 0 fully saturated rings. The lowest BCUT2D eigenvalue weighted by molar-refractivity contribution is 0.155. The smallest absolute Gasteiger partial charge is 0.404 e. The Morgan fingerprint density at radius 3 is 3.00 bits per heavy atom. The van der Waals surface area contributed by atoms with Gasteiger partial charge in [-0.2, -0.15) is 0 Å². The number of nitrogens with one attached hydrogen (secondary N) is 1. The number of ether oxygens (including phenoxy) is 1. The molecule has 3 N–H and O–H groups in total. The van der Waals surface area contributed by atoms with Gasteiger partial charge in [-0.1, -0.05) is 18.2 Å². The minimum absolute atomic E-state index is 0.370. The molecule has 1 heterocycles. The molecule has 2 rings (SSSR count). The van der Waals surface area contributed by atoms with Crippen LogP contribution in [0, 0.1) is 0 Å². The quantitative estimate of drug-likeness (QED) is 0.772. The first-order valence-electron chi connectivity index (χ1n) is 5.24. The van der Waals surface area contributed by atoms with Crippen LogP contribution in [0.2, 0.25) is 0 Å². The minimum atomic E-state index is -0.709. The predicted octanol–water partition coefficient (Wildman–Crippen LogP) is 2.20. The summed E-state index contributed by atoms with van der Waals surface area (Å²) in [5, 5.41) is 1.22. The van der Waals surface area contributed by atoms with Crippen molar-refractivity contribution < 1.29 is 9.53 Å². The van der Waals surface area contributed by atoms with Gasteiger partial charge in [-0.3, -0.25) is 0 Å². The molecule has 0 aliphatic carbocycles. The summed E-state index contributed by atoms with van der Waals surface area (Å²) in [5.74, 6) is 0. The molecule has 1 aromatic heterocycles. The van der Waals surface area contributed by atoms with E-state index in [0.29, 0.717) is 6.61 Å². The number of amides is 1. The van der Waals surface area contributed by atoms with Crippen molar-refractivity contribution in [2.45, 2.75) is 12.8 Å². The van der Waals surface area contributed by atoms with Gasteiger partial charge in [-0.15, -0.1) is 0 Å². The molecule has 0 aliphatic heterocycles. The van der Waals surface area contributed by atoms with Crippen LogP contribution >= 0.6 is 0 Å². The number of aromatic amines is 1. The summed E-state index contributed by atoms with van der Waals surface area (Å²) in [4.78, 5) is 13.6. The van der Waals surface area contributed by atoms with Crippen molar-refractivity contribution in [1.82, 2.24) is 4.98 Å². The number of aryl methyl sites for hydroxylation is 1. The number of rotatable bonds is 4. The molecule has 84 valence electrons. The van der Waals surface area contributed by atoms with Crippen LogP contribution in [0.5, 0.6) is 0 Å². The Morgan fingerprint density at radius 1 is 1.38 bits per heavy atom. The van der Waals surface area contributed by atoms with Gasteiger partial charge in [-0.05, 0) is 24.5 Å². The van der Waals surface area contributed by atoms with E-state index in [4.69, 9.17) is 5.73 Å². The molecule has 4 nitrogen and oxygen atoms in total. The lowest BCUT2D eigenvalue weighted by Crippen LogP contribution is -2.13. The Balaban J connectivity index is 1.97. The number of benzene rings is 1. The maximum atomic E-state index is 10.4. The number of hydrogen-bond donors (Lipinski definition) is 2. The summed E-state index contributed by atoms with van der Waals surface area (Å²) in [7, 11) is 0. The van der Waals surface area contributed by atoms with Gasteiger partial charge in [-0.25, -0.2) is 4.79 Å². The highest BCUT2D eigenvalue weighted by molar-refractivity contribution is 5.82. The fourth-order valence-electron chi connectivity index (χ4n) is 1.77. The van der Waals surface area contributed by atoms with E-state index >= 15 is 0 Å². The lowest BCUT2D eigenvalue weighted by atomic mass is 10.1. The first-order valence-corrected chi connectivity index (χ1v) is 5.24. The summed E-state index contributed by atoms with van der Waals surface area (Å²) in [6.45, 7) is 0.370. The lowest BCUT2D eigenvalue weighted by Gasteiger charge is -2.00. The Hall–Kier alpha value is -1.97. The van der Waals surface area contributed by atoms with E-state index in [0.717, 1.165) is 18.4 Å². The number of fused-ring (bicyclic) bond motifs is 1. The average Bonchev–Trinajstić information content (AvgIpc) is 2.68. The molecule has 16 heavy (non-hydrogen) atoms. The molecule has 0 saturated heterocycles. The minimum Gasteiger partial charge on any atom is -0.450 e. The molecule has 1 amide bonds. The van der Waals surface area contributed by atoms with Crippen LogP contribution in [-0.4, -0.2) is 17.7 Å². The van der Waals surface area contributed by atoms with E-state index in [1.165, 1.54) is 10.9 Å². The molecule has 0 radical (unpaired) electrons. The zero-order chi connectivity index (χ0) is 11.4. The van der Waals surface area contributed by atoms with Crippen molar-refractivity contribution in [3.05, 3.63) is 36.0 Å². The van der Waals surface area contributed by atoms with E-state index in [2.05, 4.69) is 15.8 Å². The zero-order valence-corrected chi connectivity index (χ0v) is 8.90. The molecule has 2 aromatic rings. The number of hydrogen-bond acceptors (Lipinski definition) is 2. The van der Waals surface area contributed by atoms with Crippen molar-refractivity contribution in [2.24, 2.45) is 5.73 Å². The van der Waals surface area contributed by atoms with Crippen LogP contribution in [0.4, 0.5) is 4.79 Å². The SMILES string of the molecule is NC(=O)OCCCc1c[nH]c2ccccc12. The maximum Gasteiger partial charge on any atom is 0.404 e. The van der Waals surface area contributed by atoms with E-state index < -0.39 is 6.09 Å². The predicted molar refractivity (Wildman–Crippen MR) is 62.2 cm³/mol. The maximum absolute atomic E-state index is 10.4. The van der Waals surface area contributed by atoms with E-state index in [-0.39, 0.29) is 0 Å². The second-order valence-corrected chi connectivity index (χ2v) is 3.63. The highest BCUT2D eigenvalue weighted by Crippen LogP contribution is 2.18. The van der Waals surface area contributed by atoms with E-state index in [1.54, 1.807) is 0 Å². The normalized spacial score (nSPS) is 10.5. The van der Waals surface area contributed by atoms with Crippen LogP contribution in [-0.2, 0) is 11.2 Å². The second-order valence-electron chi connectivity index (χ2n) is 3.63. The molecule has 0 saturated carbocycles. The van der Waals surface area contributed by atoms with Crippen molar-refractivity contribution in [3.63, 3.8) is 0 Å². The number of carbonyl (C=O) groups is 1. The van der Waals surface area contributed by atoms with Gasteiger partial charge in [0, 0.05) is 17.1 Å². The fraction of sp³-hybridized carbons (Fsp3) is 0.250. The van der Waals surface area contributed by atoms with Crippen molar-refractivity contribution >= 4 is 17.0 Å². The summed E-state index contributed by atoms with van der Waals surface area (Å²) < 4.78 is 4.68. The first kappa shape index (κ1) is 10.5. The number of carbonyl (C=O) groups excluding carboxylic acids is 1. The van der Waals surface area contributed by atoms with Crippen LogP contribution < -0.4 is 5.73 Å². The van der Waals surface area contributed by atoms with Gasteiger partial charge in [0.15, 0.2) is 0 Å².